The van der Waals surface area contributed by atoms with Gasteiger partial charge in [-0.1, -0.05) is 19.1 Å². The number of hydrogen-bond acceptors (Lipinski definition) is 4. The first kappa shape index (κ1) is 16.4. The molecule has 0 amide bonds. The second kappa shape index (κ2) is 6.87. The van der Waals surface area contributed by atoms with Crippen LogP contribution in [0.4, 0.5) is 0 Å². The zero-order chi connectivity index (χ0) is 15.5. The first-order valence-electron chi connectivity index (χ1n) is 7.47. The summed E-state index contributed by atoms with van der Waals surface area (Å²) in [6, 6.07) is 7.47. The Kier molecular flexibility index (Phi) is 5.37. The van der Waals surface area contributed by atoms with Crippen molar-refractivity contribution in [2.24, 2.45) is 0 Å². The molecule has 21 heavy (non-hydrogen) atoms. The molecule has 1 fully saturated rings. The van der Waals surface area contributed by atoms with Gasteiger partial charge in [0.1, 0.15) is 0 Å². The molecule has 1 heterocycles. The Morgan fingerprint density at radius 2 is 1.71 bits per heavy atom. The topological polar surface area (TPSA) is 52.7 Å². The Morgan fingerprint density at radius 3 is 2.24 bits per heavy atom. The van der Waals surface area contributed by atoms with E-state index < -0.39 is 10.0 Å². The molecule has 1 saturated heterocycles. The van der Waals surface area contributed by atoms with Crippen molar-refractivity contribution in [1.82, 2.24) is 14.5 Å². The van der Waals surface area contributed by atoms with E-state index >= 15 is 0 Å². The van der Waals surface area contributed by atoms with E-state index in [-0.39, 0.29) is 6.04 Å². The number of likely N-dealkylation sites (N-methyl/N-ethyl adjacent to an activating group) is 1. The molecule has 0 aliphatic carbocycles. The Balaban J connectivity index is 2.13. The summed E-state index contributed by atoms with van der Waals surface area (Å²) in [4.78, 5) is 2.53. The third kappa shape index (κ3) is 3.83. The molecule has 1 aliphatic heterocycles. The van der Waals surface area contributed by atoms with Gasteiger partial charge in [0.15, 0.2) is 0 Å². The summed E-state index contributed by atoms with van der Waals surface area (Å²) in [6.45, 7) is 7.73. The van der Waals surface area contributed by atoms with Crippen LogP contribution in [0.1, 0.15) is 25.5 Å². The molecule has 1 aliphatic rings. The third-order valence-corrected chi connectivity index (χ3v) is 5.90. The van der Waals surface area contributed by atoms with Gasteiger partial charge in [0.2, 0.25) is 10.0 Å². The fraction of sp³-hybridized carbons (Fsp3) is 0.600. The predicted octanol–water partition coefficient (Wildman–Crippen LogP) is 1.29. The van der Waals surface area contributed by atoms with Crippen LogP contribution >= 0.6 is 0 Å². The summed E-state index contributed by atoms with van der Waals surface area (Å²) < 4.78 is 26.8. The maximum Gasteiger partial charge on any atom is 0.243 e. The summed E-state index contributed by atoms with van der Waals surface area (Å²) >= 11 is 0. The fourth-order valence-electron chi connectivity index (χ4n) is 2.53. The smallest absolute Gasteiger partial charge is 0.243 e. The number of piperazine rings is 1. The molecule has 2 rings (SSSR count). The fourth-order valence-corrected chi connectivity index (χ4v) is 3.95. The van der Waals surface area contributed by atoms with Gasteiger partial charge in [0.25, 0.3) is 0 Å². The van der Waals surface area contributed by atoms with Crippen LogP contribution < -0.4 is 5.32 Å². The van der Waals surface area contributed by atoms with Gasteiger partial charge >= 0.3 is 0 Å². The SMILES string of the molecule is CCNC(C)c1ccc(S(=O)(=O)N2CCN(C)CC2)cc1. The normalized spacial score (nSPS) is 19.6. The average Bonchev–Trinajstić information content (AvgIpc) is 2.48. The Bertz CT molecular complexity index is 549. The lowest BCUT2D eigenvalue weighted by atomic mass is 10.1. The highest BCUT2D eigenvalue weighted by Crippen LogP contribution is 2.20. The number of benzene rings is 1. The minimum atomic E-state index is -3.35. The second-order valence-corrected chi connectivity index (χ2v) is 7.49. The number of sulfonamides is 1. The number of nitrogens with zero attached hydrogens (tertiary/aromatic N) is 2. The van der Waals surface area contributed by atoms with Crippen molar-refractivity contribution in [2.75, 3.05) is 39.8 Å². The lowest BCUT2D eigenvalue weighted by Crippen LogP contribution is -2.47. The second-order valence-electron chi connectivity index (χ2n) is 5.56. The lowest BCUT2D eigenvalue weighted by molar-refractivity contribution is 0.222. The zero-order valence-electron chi connectivity index (χ0n) is 13.0. The molecule has 5 nitrogen and oxygen atoms in total. The van der Waals surface area contributed by atoms with Crippen molar-refractivity contribution in [1.29, 1.82) is 0 Å². The molecule has 6 heteroatoms. The van der Waals surface area contributed by atoms with Crippen LogP contribution in [0.3, 0.4) is 0 Å². The molecule has 1 aromatic rings. The summed E-state index contributed by atoms with van der Waals surface area (Å²) in [5.41, 5.74) is 1.11. The van der Waals surface area contributed by atoms with E-state index in [1.807, 2.05) is 19.2 Å². The van der Waals surface area contributed by atoms with Crippen LogP contribution in [0, 0.1) is 0 Å². The van der Waals surface area contributed by atoms with Crippen molar-refractivity contribution >= 4 is 10.0 Å². The molecule has 1 unspecified atom stereocenters. The molecule has 1 aromatic carbocycles. The van der Waals surface area contributed by atoms with Crippen LogP contribution in [0.5, 0.6) is 0 Å². The number of hydrogen-bond donors (Lipinski definition) is 1. The Morgan fingerprint density at radius 1 is 1.14 bits per heavy atom. The van der Waals surface area contributed by atoms with Crippen LogP contribution in [0.15, 0.2) is 29.2 Å². The number of rotatable bonds is 5. The van der Waals surface area contributed by atoms with E-state index in [0.29, 0.717) is 18.0 Å². The van der Waals surface area contributed by atoms with Crippen molar-refractivity contribution in [2.45, 2.75) is 24.8 Å². The Labute approximate surface area is 128 Å². The molecule has 0 bridgehead atoms. The van der Waals surface area contributed by atoms with Crippen molar-refractivity contribution in [3.8, 4) is 0 Å². The first-order valence-corrected chi connectivity index (χ1v) is 8.91. The van der Waals surface area contributed by atoms with Gasteiger partial charge in [0, 0.05) is 32.2 Å². The molecule has 0 radical (unpaired) electrons. The minimum Gasteiger partial charge on any atom is -0.310 e. The summed E-state index contributed by atoms with van der Waals surface area (Å²) in [7, 11) is -1.34. The average molecular weight is 311 g/mol. The van der Waals surface area contributed by atoms with E-state index in [4.69, 9.17) is 0 Å². The van der Waals surface area contributed by atoms with Crippen molar-refractivity contribution in [3.05, 3.63) is 29.8 Å². The van der Waals surface area contributed by atoms with Crippen molar-refractivity contribution < 1.29 is 8.42 Å². The molecular formula is C15H25N3O2S. The molecule has 1 atom stereocenters. The van der Waals surface area contributed by atoms with Gasteiger partial charge in [-0.3, -0.25) is 0 Å². The number of nitrogens with one attached hydrogen (secondary N) is 1. The van der Waals surface area contributed by atoms with E-state index in [1.54, 1.807) is 16.4 Å². The Hall–Kier alpha value is -0.950. The molecule has 0 saturated carbocycles. The first-order chi connectivity index (χ1) is 9.95. The minimum absolute atomic E-state index is 0.232. The summed E-state index contributed by atoms with van der Waals surface area (Å²) in [6.07, 6.45) is 0. The summed E-state index contributed by atoms with van der Waals surface area (Å²) in [5.74, 6) is 0. The van der Waals surface area contributed by atoms with Crippen LogP contribution in [0.2, 0.25) is 0 Å². The van der Waals surface area contributed by atoms with Crippen LogP contribution in [-0.2, 0) is 10.0 Å². The molecule has 118 valence electrons. The molecule has 1 N–H and O–H groups in total. The van der Waals surface area contributed by atoms with E-state index in [1.165, 1.54) is 0 Å². The highest BCUT2D eigenvalue weighted by atomic mass is 32.2. The van der Waals surface area contributed by atoms with Gasteiger partial charge in [-0.15, -0.1) is 0 Å². The predicted molar refractivity (Wildman–Crippen MR) is 84.8 cm³/mol. The van der Waals surface area contributed by atoms with Crippen LogP contribution in [0.25, 0.3) is 0 Å². The van der Waals surface area contributed by atoms with E-state index in [9.17, 15) is 8.42 Å². The monoisotopic (exact) mass is 311 g/mol. The van der Waals surface area contributed by atoms with Gasteiger partial charge in [-0.25, -0.2) is 8.42 Å². The maximum absolute atomic E-state index is 12.6. The lowest BCUT2D eigenvalue weighted by Gasteiger charge is -2.31. The zero-order valence-corrected chi connectivity index (χ0v) is 13.9. The van der Waals surface area contributed by atoms with E-state index in [0.717, 1.165) is 25.2 Å². The maximum atomic E-state index is 12.6. The quantitative estimate of drug-likeness (QED) is 0.890. The van der Waals surface area contributed by atoms with Gasteiger partial charge < -0.3 is 10.2 Å². The van der Waals surface area contributed by atoms with Gasteiger partial charge in [-0.05, 0) is 38.2 Å². The molecular weight excluding hydrogens is 286 g/mol. The summed E-state index contributed by atoms with van der Waals surface area (Å²) in [5, 5.41) is 3.32. The van der Waals surface area contributed by atoms with Gasteiger partial charge in [-0.2, -0.15) is 4.31 Å². The van der Waals surface area contributed by atoms with E-state index in [2.05, 4.69) is 24.1 Å². The highest BCUT2D eigenvalue weighted by molar-refractivity contribution is 7.89. The third-order valence-electron chi connectivity index (χ3n) is 3.99. The largest absolute Gasteiger partial charge is 0.310 e. The standard InChI is InChI=1S/C15H25N3O2S/c1-4-16-13(2)14-5-7-15(8-6-14)21(19,20)18-11-9-17(3)10-12-18/h5-8,13,16H,4,9-12H2,1-3H3. The van der Waals surface area contributed by atoms with Crippen LogP contribution in [-0.4, -0.2) is 57.4 Å². The molecule has 0 aromatic heterocycles. The van der Waals surface area contributed by atoms with Gasteiger partial charge in [0.05, 0.1) is 4.90 Å². The molecule has 0 spiro atoms. The van der Waals surface area contributed by atoms with Crippen molar-refractivity contribution in [3.63, 3.8) is 0 Å². The highest BCUT2D eigenvalue weighted by Gasteiger charge is 2.27.